The van der Waals surface area contributed by atoms with Crippen LogP contribution in [-0.4, -0.2) is 44.1 Å². The Bertz CT molecular complexity index is 2260. The Morgan fingerprint density at radius 1 is 1.02 bits per heavy atom. The highest BCUT2D eigenvalue weighted by Crippen LogP contribution is 2.37. The second-order valence-corrected chi connectivity index (χ2v) is 13.2. The molecule has 1 fully saturated rings. The number of amides is 1. The molecule has 7 rings (SSSR count). The van der Waals surface area contributed by atoms with Crippen LogP contribution in [-0.2, 0) is 11.3 Å². The summed E-state index contributed by atoms with van der Waals surface area (Å²) in [5.74, 6) is -0.561. The molecule has 1 amide bonds. The van der Waals surface area contributed by atoms with Crippen LogP contribution in [0.15, 0.2) is 97.3 Å². The quantitative estimate of drug-likeness (QED) is 0.150. The predicted octanol–water partition coefficient (Wildman–Crippen LogP) is 9.33. The van der Waals surface area contributed by atoms with Crippen molar-refractivity contribution in [1.82, 2.24) is 24.9 Å². The number of carbonyl (C=O) groups is 1. The van der Waals surface area contributed by atoms with E-state index in [-0.39, 0.29) is 29.3 Å². The van der Waals surface area contributed by atoms with Gasteiger partial charge in [0, 0.05) is 41.1 Å². The molecule has 4 aromatic carbocycles. The molecule has 0 bridgehead atoms. The van der Waals surface area contributed by atoms with Crippen molar-refractivity contribution in [3.8, 4) is 6.07 Å². The third-order valence-corrected chi connectivity index (χ3v) is 9.40. The predicted molar refractivity (Wildman–Crippen MR) is 195 cm³/mol. The number of aromatic nitrogens is 4. The third kappa shape index (κ3) is 7.54. The van der Waals surface area contributed by atoms with E-state index in [1.54, 1.807) is 27.8 Å². The number of ether oxygens (including phenoxy) is 1. The normalized spacial score (nSPS) is 14.6. The molecule has 0 aliphatic carbocycles. The minimum absolute atomic E-state index is 0.0654. The highest BCUT2D eigenvalue weighted by molar-refractivity contribution is 6.36. The number of anilines is 3. The largest absolute Gasteiger partial charge is 0.445 e. The Morgan fingerprint density at radius 2 is 1.80 bits per heavy atom. The van der Waals surface area contributed by atoms with Crippen molar-refractivity contribution in [1.29, 1.82) is 5.26 Å². The summed E-state index contributed by atoms with van der Waals surface area (Å²) in [5.41, 5.74) is 4.60. The van der Waals surface area contributed by atoms with Crippen molar-refractivity contribution in [2.45, 2.75) is 25.1 Å². The number of rotatable bonds is 9. The maximum absolute atomic E-state index is 13.9. The number of likely N-dealkylation sites (tertiary alicyclic amines) is 1. The second-order valence-electron chi connectivity index (χ2n) is 11.9. The van der Waals surface area contributed by atoms with Crippen LogP contribution in [0.1, 0.15) is 40.9 Å². The number of halogens is 4. The molecule has 0 saturated carbocycles. The van der Waals surface area contributed by atoms with E-state index in [4.69, 9.17) is 39.5 Å². The molecule has 3 heterocycles. The van der Waals surface area contributed by atoms with Crippen LogP contribution in [0, 0.1) is 17.1 Å². The molecule has 6 aromatic rings. The van der Waals surface area contributed by atoms with Crippen LogP contribution in [0.4, 0.5) is 26.2 Å². The summed E-state index contributed by atoms with van der Waals surface area (Å²) in [6.07, 6.45) is 3.60. The van der Waals surface area contributed by atoms with E-state index < -0.39 is 11.9 Å². The molecule has 1 unspecified atom stereocenters. The summed E-state index contributed by atoms with van der Waals surface area (Å²) >= 11 is 19.1. The Balaban J connectivity index is 1.16. The fraction of sp³-hybridized carbons (Fsp3) is 0.162. The number of fused-ring (bicyclic) bond motifs is 1. The number of pyridine rings is 1. The van der Waals surface area contributed by atoms with Crippen LogP contribution < -0.4 is 10.6 Å². The van der Waals surface area contributed by atoms with E-state index in [9.17, 15) is 14.4 Å². The standard InChI is InChI=1S/C37H28Cl3FN8O2/c38-25-8-6-23(7-9-25)35(33-20-49(47-46-33)28-12-13-48(19-28)37(50)51-21-22-4-2-1-3-5-22)45-27-14-29-34(44-26-10-11-32(41)30(39)15-26)24(17-42)18-43-36(29)31(40)16-27/h1-11,14-16,18,20,28,35,45H,12-13,19,21H2,(H,43,44)/t28-,35?/m1/s1. The van der Waals surface area contributed by atoms with Gasteiger partial charge in [-0.15, -0.1) is 5.10 Å². The lowest BCUT2D eigenvalue weighted by molar-refractivity contribution is 0.103. The summed E-state index contributed by atoms with van der Waals surface area (Å²) in [6.45, 7) is 1.16. The Kier molecular flexibility index (Phi) is 9.90. The van der Waals surface area contributed by atoms with Crippen LogP contribution >= 0.6 is 34.8 Å². The van der Waals surface area contributed by atoms with Gasteiger partial charge >= 0.3 is 6.09 Å². The van der Waals surface area contributed by atoms with Gasteiger partial charge in [0.25, 0.3) is 0 Å². The Morgan fingerprint density at radius 3 is 2.57 bits per heavy atom. The minimum Gasteiger partial charge on any atom is -0.445 e. The van der Waals surface area contributed by atoms with Gasteiger partial charge in [0.15, 0.2) is 0 Å². The maximum Gasteiger partial charge on any atom is 0.410 e. The van der Waals surface area contributed by atoms with Crippen molar-refractivity contribution in [2.75, 3.05) is 23.7 Å². The first-order valence-corrected chi connectivity index (χ1v) is 17.0. The summed E-state index contributed by atoms with van der Waals surface area (Å²) in [4.78, 5) is 18.9. The average Bonchev–Trinajstić information content (AvgIpc) is 3.83. The first kappa shape index (κ1) is 34.1. The van der Waals surface area contributed by atoms with Crippen molar-refractivity contribution >= 4 is 68.9 Å². The smallest absolute Gasteiger partial charge is 0.410 e. The minimum atomic E-state index is -0.561. The molecule has 2 N–H and O–H groups in total. The SMILES string of the molecule is N#Cc1cnc2c(Cl)cc(NC(c3ccc(Cl)cc3)c3cn([C@@H]4CCN(C(=O)OCc5ccccc5)C4)nn3)cc2c1Nc1ccc(F)c(Cl)c1. The summed E-state index contributed by atoms with van der Waals surface area (Å²) in [7, 11) is 0. The molecular formula is C37H28Cl3FN8O2. The fourth-order valence-corrected chi connectivity index (χ4v) is 6.54. The number of nitriles is 1. The molecule has 1 aliphatic heterocycles. The molecule has 10 nitrogen and oxygen atoms in total. The molecule has 1 saturated heterocycles. The third-order valence-electron chi connectivity index (χ3n) is 8.57. The number of hydrogen-bond donors (Lipinski definition) is 2. The Labute approximate surface area is 307 Å². The molecule has 256 valence electrons. The number of nitrogens with one attached hydrogen (secondary N) is 2. The highest BCUT2D eigenvalue weighted by atomic mass is 35.5. The molecule has 14 heteroatoms. The van der Waals surface area contributed by atoms with Crippen LogP contribution in [0.25, 0.3) is 10.9 Å². The van der Waals surface area contributed by atoms with Gasteiger partial charge in [0.2, 0.25) is 0 Å². The number of benzene rings is 4. The van der Waals surface area contributed by atoms with Gasteiger partial charge in [-0.25, -0.2) is 13.9 Å². The molecule has 2 atom stereocenters. The van der Waals surface area contributed by atoms with E-state index in [0.717, 1.165) is 11.1 Å². The first-order chi connectivity index (χ1) is 24.7. The second kappa shape index (κ2) is 14.8. The van der Waals surface area contributed by atoms with Crippen LogP contribution in [0.3, 0.4) is 0 Å². The van der Waals surface area contributed by atoms with Crippen molar-refractivity contribution < 1.29 is 13.9 Å². The molecular weight excluding hydrogens is 714 g/mol. The van der Waals surface area contributed by atoms with Crippen molar-refractivity contribution in [3.05, 3.63) is 141 Å². The molecule has 2 aromatic heterocycles. The van der Waals surface area contributed by atoms with Gasteiger partial charge in [-0.2, -0.15) is 5.26 Å². The monoisotopic (exact) mass is 740 g/mol. The Hall–Kier alpha value is -5.41. The van der Waals surface area contributed by atoms with E-state index in [0.29, 0.717) is 63.2 Å². The lowest BCUT2D eigenvalue weighted by Crippen LogP contribution is -2.29. The van der Waals surface area contributed by atoms with Gasteiger partial charge in [-0.05, 0) is 60.0 Å². The fourth-order valence-electron chi connectivity index (χ4n) is 5.97. The van der Waals surface area contributed by atoms with Gasteiger partial charge in [-0.3, -0.25) is 4.98 Å². The zero-order valence-corrected chi connectivity index (χ0v) is 29.0. The van der Waals surface area contributed by atoms with Crippen molar-refractivity contribution in [2.24, 2.45) is 0 Å². The van der Waals surface area contributed by atoms with E-state index in [1.165, 1.54) is 24.4 Å². The molecule has 0 spiro atoms. The zero-order valence-electron chi connectivity index (χ0n) is 26.7. The van der Waals surface area contributed by atoms with E-state index in [2.05, 4.69) is 32.0 Å². The van der Waals surface area contributed by atoms with Crippen LogP contribution in [0.5, 0.6) is 0 Å². The first-order valence-electron chi connectivity index (χ1n) is 15.9. The lowest BCUT2D eigenvalue weighted by Gasteiger charge is -2.20. The number of carbonyl (C=O) groups excluding carboxylic acids is 1. The average molecular weight is 742 g/mol. The maximum atomic E-state index is 13.9. The molecule has 51 heavy (non-hydrogen) atoms. The van der Waals surface area contributed by atoms with Gasteiger partial charge < -0.3 is 20.3 Å². The summed E-state index contributed by atoms with van der Waals surface area (Å²) in [5, 5.41) is 27.1. The summed E-state index contributed by atoms with van der Waals surface area (Å²) < 4.78 is 21.2. The van der Waals surface area contributed by atoms with Crippen molar-refractivity contribution in [3.63, 3.8) is 0 Å². The summed E-state index contributed by atoms with van der Waals surface area (Å²) in [6, 6.07) is 26.2. The lowest BCUT2D eigenvalue weighted by atomic mass is 10.0. The number of hydrogen-bond acceptors (Lipinski definition) is 8. The van der Waals surface area contributed by atoms with Gasteiger partial charge in [-0.1, -0.05) is 82.5 Å². The van der Waals surface area contributed by atoms with E-state index in [1.807, 2.05) is 54.7 Å². The molecule has 1 aliphatic rings. The number of nitrogens with zero attached hydrogens (tertiary/aromatic N) is 6. The van der Waals surface area contributed by atoms with Gasteiger partial charge in [0.05, 0.1) is 45.1 Å². The topological polar surface area (TPSA) is 121 Å². The highest BCUT2D eigenvalue weighted by Gasteiger charge is 2.30. The van der Waals surface area contributed by atoms with Gasteiger partial charge in [0.1, 0.15) is 24.2 Å². The van der Waals surface area contributed by atoms with E-state index >= 15 is 0 Å². The van der Waals surface area contributed by atoms with Crippen LogP contribution in [0.2, 0.25) is 15.1 Å². The zero-order chi connectivity index (χ0) is 35.5. The molecule has 0 radical (unpaired) electrons.